The molecular weight excluding hydrogens is 452 g/mol. The number of amides is 1. The molecule has 1 atom stereocenters. The van der Waals surface area contributed by atoms with Crippen LogP contribution in [0.1, 0.15) is 12.5 Å². The molecule has 178 valence electrons. The Balaban J connectivity index is 1.54. The van der Waals surface area contributed by atoms with E-state index < -0.39 is 17.7 Å². The second-order valence-electron chi connectivity index (χ2n) is 7.59. The summed E-state index contributed by atoms with van der Waals surface area (Å²) in [7, 11) is 0. The first kappa shape index (κ1) is 23.6. The summed E-state index contributed by atoms with van der Waals surface area (Å²) < 4.78 is 28.3. The summed E-state index contributed by atoms with van der Waals surface area (Å²) in [4.78, 5) is 25.3. The Labute approximate surface area is 200 Å². The number of carbonyl (C=O) groups excluding carboxylic acids is 1. The minimum Gasteiger partial charge on any atom is -0.350 e. The first-order valence-electron chi connectivity index (χ1n) is 10.9. The lowest BCUT2D eigenvalue weighted by molar-refractivity contribution is -0.121. The van der Waals surface area contributed by atoms with Gasteiger partial charge < -0.3 is 21.3 Å². The topological polar surface area (TPSA) is 104 Å². The largest absolute Gasteiger partial charge is 0.350 e. The first-order valence-corrected chi connectivity index (χ1v) is 10.9. The molecule has 35 heavy (non-hydrogen) atoms. The van der Waals surface area contributed by atoms with Gasteiger partial charge in [0.1, 0.15) is 17.7 Å². The highest BCUT2D eigenvalue weighted by atomic mass is 19.1. The summed E-state index contributed by atoms with van der Waals surface area (Å²) in [6, 6.07) is 20.9. The summed E-state index contributed by atoms with van der Waals surface area (Å²) in [5.41, 5.74) is 1.26. The predicted octanol–water partition coefficient (Wildman–Crippen LogP) is 4.75. The Hall–Kier alpha value is -4.60. The molecule has 0 aliphatic carbocycles. The van der Waals surface area contributed by atoms with Crippen molar-refractivity contribution >= 4 is 35.1 Å². The van der Waals surface area contributed by atoms with Crippen molar-refractivity contribution in [1.82, 2.24) is 20.3 Å². The van der Waals surface area contributed by atoms with Crippen molar-refractivity contribution in [2.75, 3.05) is 16.0 Å². The van der Waals surface area contributed by atoms with Crippen molar-refractivity contribution in [1.29, 1.82) is 0 Å². The van der Waals surface area contributed by atoms with Gasteiger partial charge in [0.15, 0.2) is 0 Å². The number of halogens is 2. The molecule has 0 aliphatic heterocycles. The lowest BCUT2D eigenvalue weighted by atomic mass is 10.2. The fraction of sp³-hybridized carbons (Fsp3) is 0.120. The van der Waals surface area contributed by atoms with Gasteiger partial charge in [0.25, 0.3) is 0 Å². The van der Waals surface area contributed by atoms with Gasteiger partial charge in [-0.3, -0.25) is 4.79 Å². The lowest BCUT2D eigenvalue weighted by Gasteiger charge is -2.16. The quantitative estimate of drug-likeness (QED) is 0.277. The van der Waals surface area contributed by atoms with Gasteiger partial charge in [-0.05, 0) is 36.8 Å². The SMILES string of the molecule is C[C@H](Nc1nc(Nc2ccccc2F)nc(Nc2ccccc2F)n1)C(=O)NCc1ccccc1. The highest BCUT2D eigenvalue weighted by Crippen LogP contribution is 2.22. The molecule has 0 spiro atoms. The summed E-state index contributed by atoms with van der Waals surface area (Å²) in [5.74, 6) is -1.23. The third kappa shape index (κ3) is 6.47. The molecule has 1 amide bonds. The second-order valence-corrected chi connectivity index (χ2v) is 7.59. The maximum atomic E-state index is 14.1. The van der Waals surface area contributed by atoms with Gasteiger partial charge in [-0.25, -0.2) is 8.78 Å². The number of hydrogen-bond acceptors (Lipinski definition) is 7. The molecule has 4 aromatic rings. The number of para-hydroxylation sites is 2. The molecule has 8 nitrogen and oxygen atoms in total. The maximum Gasteiger partial charge on any atom is 0.242 e. The van der Waals surface area contributed by atoms with E-state index in [1.807, 2.05) is 30.3 Å². The number of anilines is 5. The molecule has 0 fully saturated rings. The van der Waals surface area contributed by atoms with Gasteiger partial charge in [-0.1, -0.05) is 54.6 Å². The van der Waals surface area contributed by atoms with Crippen LogP contribution in [0.3, 0.4) is 0 Å². The molecule has 1 heterocycles. The summed E-state index contributed by atoms with van der Waals surface area (Å²) in [6.45, 7) is 2.02. The highest BCUT2D eigenvalue weighted by Gasteiger charge is 2.16. The summed E-state index contributed by atoms with van der Waals surface area (Å²) in [5, 5.41) is 11.3. The Morgan fingerprint density at radius 3 is 1.77 bits per heavy atom. The second kappa shape index (κ2) is 11.0. The number of carbonyl (C=O) groups is 1. The number of hydrogen-bond donors (Lipinski definition) is 4. The van der Waals surface area contributed by atoms with Crippen molar-refractivity contribution in [2.45, 2.75) is 19.5 Å². The molecule has 3 aromatic carbocycles. The number of nitrogens with zero attached hydrogens (tertiary/aromatic N) is 3. The van der Waals surface area contributed by atoms with Crippen molar-refractivity contribution in [3.63, 3.8) is 0 Å². The average molecular weight is 476 g/mol. The molecule has 0 saturated heterocycles. The van der Waals surface area contributed by atoms with E-state index in [9.17, 15) is 13.6 Å². The molecule has 0 unspecified atom stereocenters. The standard InChI is InChI=1S/C25H23F2N7O/c1-16(22(35)28-15-17-9-3-2-4-10-17)29-23-32-24(30-20-13-7-5-11-18(20)26)34-25(33-23)31-21-14-8-6-12-19(21)27/h2-14,16H,15H2,1H3,(H,28,35)(H3,29,30,31,32,33,34)/t16-/m0/s1. The highest BCUT2D eigenvalue weighted by molar-refractivity contribution is 5.83. The van der Waals surface area contributed by atoms with Crippen LogP contribution in [-0.4, -0.2) is 26.9 Å². The van der Waals surface area contributed by atoms with E-state index in [4.69, 9.17) is 0 Å². The minimum absolute atomic E-state index is 0.00309. The summed E-state index contributed by atoms with van der Waals surface area (Å²) >= 11 is 0. The van der Waals surface area contributed by atoms with Crippen LogP contribution >= 0.6 is 0 Å². The molecule has 0 radical (unpaired) electrons. The minimum atomic E-state index is -0.705. The van der Waals surface area contributed by atoms with Crippen molar-refractivity contribution < 1.29 is 13.6 Å². The molecule has 0 saturated carbocycles. The predicted molar refractivity (Wildman–Crippen MR) is 131 cm³/mol. The smallest absolute Gasteiger partial charge is 0.242 e. The van der Waals surface area contributed by atoms with Gasteiger partial charge >= 0.3 is 0 Å². The molecule has 1 aromatic heterocycles. The molecule has 0 aliphatic rings. The molecule has 4 N–H and O–H groups in total. The van der Waals surface area contributed by atoms with Crippen molar-refractivity contribution in [3.05, 3.63) is 96.1 Å². The van der Waals surface area contributed by atoms with Crippen molar-refractivity contribution in [3.8, 4) is 0 Å². The van der Waals surface area contributed by atoms with E-state index >= 15 is 0 Å². The fourth-order valence-corrected chi connectivity index (χ4v) is 3.12. The average Bonchev–Trinajstić information content (AvgIpc) is 2.86. The Morgan fingerprint density at radius 1 is 0.743 bits per heavy atom. The van der Waals surface area contributed by atoms with E-state index in [1.165, 1.54) is 24.3 Å². The molecule has 10 heteroatoms. The number of rotatable bonds is 9. The first-order chi connectivity index (χ1) is 17.0. The monoisotopic (exact) mass is 475 g/mol. The van der Waals surface area contributed by atoms with Crippen LogP contribution in [0.2, 0.25) is 0 Å². The van der Waals surface area contributed by atoms with Gasteiger partial charge in [0, 0.05) is 6.54 Å². The third-order valence-electron chi connectivity index (χ3n) is 4.92. The van der Waals surface area contributed by atoms with Gasteiger partial charge in [-0.15, -0.1) is 0 Å². The lowest BCUT2D eigenvalue weighted by Crippen LogP contribution is -2.37. The zero-order chi connectivity index (χ0) is 24.6. The van der Waals surface area contributed by atoms with E-state index in [-0.39, 0.29) is 35.1 Å². The number of benzene rings is 3. The number of aromatic nitrogens is 3. The Bertz CT molecular complexity index is 1240. The van der Waals surface area contributed by atoms with Crippen LogP contribution < -0.4 is 21.3 Å². The normalized spacial score (nSPS) is 11.4. The summed E-state index contributed by atoms with van der Waals surface area (Å²) in [6.07, 6.45) is 0. The van der Waals surface area contributed by atoms with Gasteiger partial charge in [0.2, 0.25) is 23.8 Å². The van der Waals surface area contributed by atoms with Crippen LogP contribution in [-0.2, 0) is 11.3 Å². The zero-order valence-electron chi connectivity index (χ0n) is 18.8. The van der Waals surface area contributed by atoms with Crippen LogP contribution in [0.15, 0.2) is 78.9 Å². The van der Waals surface area contributed by atoms with Crippen LogP contribution in [0, 0.1) is 11.6 Å². The zero-order valence-corrected chi connectivity index (χ0v) is 18.8. The maximum absolute atomic E-state index is 14.1. The van der Waals surface area contributed by atoms with Crippen molar-refractivity contribution in [2.24, 2.45) is 0 Å². The van der Waals surface area contributed by atoms with E-state index in [2.05, 4.69) is 36.2 Å². The Morgan fingerprint density at radius 2 is 1.23 bits per heavy atom. The van der Waals surface area contributed by atoms with Crippen LogP contribution in [0.4, 0.5) is 38.0 Å². The van der Waals surface area contributed by atoms with Crippen LogP contribution in [0.5, 0.6) is 0 Å². The van der Waals surface area contributed by atoms with Gasteiger partial charge in [0.05, 0.1) is 11.4 Å². The molecular formula is C25H23F2N7O. The van der Waals surface area contributed by atoms with Crippen LogP contribution in [0.25, 0.3) is 0 Å². The fourth-order valence-electron chi connectivity index (χ4n) is 3.12. The Kier molecular flexibility index (Phi) is 7.41. The molecule has 0 bridgehead atoms. The third-order valence-corrected chi connectivity index (χ3v) is 4.92. The van der Waals surface area contributed by atoms with E-state index in [0.29, 0.717) is 6.54 Å². The van der Waals surface area contributed by atoms with E-state index in [1.54, 1.807) is 31.2 Å². The van der Waals surface area contributed by atoms with E-state index in [0.717, 1.165) is 5.56 Å². The number of nitrogens with one attached hydrogen (secondary N) is 4. The molecule has 4 rings (SSSR count). The van der Waals surface area contributed by atoms with Gasteiger partial charge in [-0.2, -0.15) is 15.0 Å².